The lowest BCUT2D eigenvalue weighted by Crippen LogP contribution is -2.11. The second kappa shape index (κ2) is 16.0. The molecule has 0 fully saturated rings. The molecule has 0 unspecified atom stereocenters. The Balaban J connectivity index is 0.946. The number of furan rings is 1. The van der Waals surface area contributed by atoms with E-state index in [1.807, 2.05) is 12.1 Å². The number of fused-ring (bicyclic) bond motifs is 7. The van der Waals surface area contributed by atoms with E-state index in [4.69, 9.17) is 4.42 Å². The fraction of sp³-hybridized carbons (Fsp3) is 0. The SMILES string of the molecule is c1ccc(-c2cccc3cccc(-c4ccccc4N(c4ccc(-c5ccc6c(c5)oc5ccccc56)cc4)c4ccc(-c5ccc6c(c5)c5ccccc5n6-c5ccccc5)cc4)c23)cc1. The van der Waals surface area contributed by atoms with Crippen LogP contribution in [-0.2, 0) is 0 Å². The lowest BCUT2D eigenvalue weighted by Gasteiger charge is -2.29. The largest absolute Gasteiger partial charge is 0.456 e. The molecule has 0 aliphatic carbocycles. The summed E-state index contributed by atoms with van der Waals surface area (Å²) in [6.07, 6.45) is 0. The van der Waals surface area contributed by atoms with Gasteiger partial charge >= 0.3 is 0 Å². The van der Waals surface area contributed by atoms with Crippen molar-refractivity contribution in [3.8, 4) is 50.2 Å². The van der Waals surface area contributed by atoms with Gasteiger partial charge in [0.15, 0.2) is 0 Å². The summed E-state index contributed by atoms with van der Waals surface area (Å²) in [4.78, 5) is 2.41. The lowest BCUT2D eigenvalue weighted by molar-refractivity contribution is 0.669. The number of benzene rings is 11. The summed E-state index contributed by atoms with van der Waals surface area (Å²) < 4.78 is 8.68. The number of para-hydroxylation sites is 4. The molecule has 314 valence electrons. The topological polar surface area (TPSA) is 21.3 Å². The molecule has 67 heavy (non-hydrogen) atoms. The van der Waals surface area contributed by atoms with Gasteiger partial charge in [0.05, 0.1) is 16.7 Å². The molecule has 0 aliphatic heterocycles. The average Bonchev–Trinajstić information content (AvgIpc) is 3.94. The highest BCUT2D eigenvalue weighted by Gasteiger charge is 2.21. The van der Waals surface area contributed by atoms with Crippen LogP contribution in [0, 0.1) is 0 Å². The van der Waals surface area contributed by atoms with Gasteiger partial charge in [-0.25, -0.2) is 0 Å². The molecule has 0 atom stereocenters. The Hall–Kier alpha value is -8.92. The van der Waals surface area contributed by atoms with Gasteiger partial charge in [0.2, 0.25) is 0 Å². The zero-order valence-electron chi connectivity index (χ0n) is 36.6. The Bertz CT molecular complexity index is 3950. The molecule has 0 N–H and O–H groups in total. The Kier molecular flexibility index (Phi) is 9.17. The van der Waals surface area contributed by atoms with Crippen LogP contribution in [0.1, 0.15) is 0 Å². The van der Waals surface area contributed by atoms with Crippen LogP contribution >= 0.6 is 0 Å². The third kappa shape index (κ3) is 6.59. The molecular formula is C64H42N2O. The second-order valence-corrected chi connectivity index (χ2v) is 17.3. The van der Waals surface area contributed by atoms with E-state index < -0.39 is 0 Å². The molecule has 0 bridgehead atoms. The fourth-order valence-electron chi connectivity index (χ4n) is 10.3. The van der Waals surface area contributed by atoms with E-state index in [-0.39, 0.29) is 0 Å². The molecule has 2 heterocycles. The molecule has 11 aromatic carbocycles. The number of anilines is 3. The number of rotatable bonds is 8. The highest BCUT2D eigenvalue weighted by Crippen LogP contribution is 2.46. The van der Waals surface area contributed by atoms with Crippen LogP contribution in [0.5, 0.6) is 0 Å². The van der Waals surface area contributed by atoms with Gasteiger partial charge in [0.25, 0.3) is 0 Å². The molecule has 2 aromatic heterocycles. The number of hydrogen-bond donors (Lipinski definition) is 0. The lowest BCUT2D eigenvalue weighted by atomic mass is 9.90. The Morgan fingerprint density at radius 3 is 1.63 bits per heavy atom. The molecule has 3 heteroatoms. The van der Waals surface area contributed by atoms with Crippen molar-refractivity contribution in [2.45, 2.75) is 0 Å². The third-order valence-electron chi connectivity index (χ3n) is 13.4. The first kappa shape index (κ1) is 38.5. The first-order valence-corrected chi connectivity index (χ1v) is 22.9. The minimum atomic E-state index is 0.893. The standard InChI is InChI=1S/C64H42N2O/c1-3-15-45(16-4-1)52-24-13-17-46-18-14-25-57(64(46)52)53-21-7-10-26-59(53)65(51-37-31-44(32-38-51)48-33-39-56-55-23-9-12-28-62(55)67-63(56)42-48)50-35-29-43(30-36-50)47-34-40-61-58(41-47)54-22-8-11-27-60(54)66(61)49-19-5-2-6-20-49/h1-42H. The van der Waals surface area contributed by atoms with Gasteiger partial charge in [-0.3, -0.25) is 0 Å². The maximum absolute atomic E-state index is 6.31. The molecule has 0 saturated carbocycles. The molecule has 0 aliphatic rings. The maximum atomic E-state index is 6.31. The summed E-state index contributed by atoms with van der Waals surface area (Å²) in [5.41, 5.74) is 17.9. The first-order chi connectivity index (χ1) is 33.2. The molecule has 13 rings (SSSR count). The van der Waals surface area contributed by atoms with Gasteiger partial charge in [0, 0.05) is 44.2 Å². The summed E-state index contributed by atoms with van der Waals surface area (Å²) in [5.74, 6) is 0. The summed E-state index contributed by atoms with van der Waals surface area (Å²) in [5, 5.41) is 7.19. The normalized spacial score (nSPS) is 11.6. The van der Waals surface area contributed by atoms with Crippen LogP contribution in [-0.4, -0.2) is 4.57 Å². The molecule has 0 radical (unpaired) electrons. The molecule has 0 amide bonds. The van der Waals surface area contributed by atoms with Crippen LogP contribution < -0.4 is 4.90 Å². The summed E-state index contributed by atoms with van der Waals surface area (Å²) in [6.45, 7) is 0. The van der Waals surface area contributed by atoms with Crippen molar-refractivity contribution >= 4 is 71.6 Å². The van der Waals surface area contributed by atoms with Crippen LogP contribution in [0.25, 0.3) is 105 Å². The van der Waals surface area contributed by atoms with Crippen LogP contribution in [0.3, 0.4) is 0 Å². The zero-order chi connectivity index (χ0) is 44.3. The van der Waals surface area contributed by atoms with Gasteiger partial charge in [-0.2, -0.15) is 0 Å². The summed E-state index contributed by atoms with van der Waals surface area (Å²) in [6, 6.07) is 92.0. The first-order valence-electron chi connectivity index (χ1n) is 22.9. The molecular weight excluding hydrogens is 813 g/mol. The van der Waals surface area contributed by atoms with Crippen molar-refractivity contribution < 1.29 is 4.42 Å². The Morgan fingerprint density at radius 2 is 0.866 bits per heavy atom. The van der Waals surface area contributed by atoms with E-state index in [0.29, 0.717) is 0 Å². The average molecular weight is 855 g/mol. The smallest absolute Gasteiger partial charge is 0.136 e. The van der Waals surface area contributed by atoms with E-state index >= 15 is 0 Å². The highest BCUT2D eigenvalue weighted by molar-refractivity contribution is 6.11. The minimum absolute atomic E-state index is 0.893. The number of nitrogens with zero attached hydrogens (tertiary/aromatic N) is 2. The van der Waals surface area contributed by atoms with Crippen LogP contribution in [0.4, 0.5) is 17.1 Å². The van der Waals surface area contributed by atoms with E-state index in [1.54, 1.807) is 0 Å². The van der Waals surface area contributed by atoms with Crippen molar-refractivity contribution in [3.05, 3.63) is 255 Å². The number of hydrogen-bond acceptors (Lipinski definition) is 2. The van der Waals surface area contributed by atoms with Gasteiger partial charge in [-0.15, -0.1) is 0 Å². The predicted molar refractivity (Wildman–Crippen MR) is 282 cm³/mol. The third-order valence-corrected chi connectivity index (χ3v) is 13.4. The Labute approximate surface area is 388 Å². The molecule has 0 saturated heterocycles. The van der Waals surface area contributed by atoms with E-state index in [1.165, 1.54) is 54.8 Å². The quantitative estimate of drug-likeness (QED) is 0.152. The van der Waals surface area contributed by atoms with Crippen molar-refractivity contribution in [1.29, 1.82) is 0 Å². The second-order valence-electron chi connectivity index (χ2n) is 17.3. The van der Waals surface area contributed by atoms with Crippen molar-refractivity contribution in [1.82, 2.24) is 4.57 Å². The monoisotopic (exact) mass is 854 g/mol. The van der Waals surface area contributed by atoms with Gasteiger partial charge in [0.1, 0.15) is 11.2 Å². The number of aromatic nitrogens is 1. The maximum Gasteiger partial charge on any atom is 0.136 e. The zero-order valence-corrected chi connectivity index (χ0v) is 36.6. The van der Waals surface area contributed by atoms with E-state index in [2.05, 4.69) is 252 Å². The molecule has 0 spiro atoms. The van der Waals surface area contributed by atoms with Gasteiger partial charge in [-0.05, 0) is 129 Å². The van der Waals surface area contributed by atoms with E-state index in [9.17, 15) is 0 Å². The van der Waals surface area contributed by atoms with Gasteiger partial charge < -0.3 is 13.9 Å². The summed E-state index contributed by atoms with van der Waals surface area (Å²) >= 11 is 0. The van der Waals surface area contributed by atoms with Crippen molar-refractivity contribution in [2.24, 2.45) is 0 Å². The van der Waals surface area contributed by atoms with Gasteiger partial charge in [-0.1, -0.05) is 176 Å². The highest BCUT2D eigenvalue weighted by atomic mass is 16.3. The molecule has 13 aromatic rings. The van der Waals surface area contributed by atoms with Crippen molar-refractivity contribution in [3.63, 3.8) is 0 Å². The predicted octanol–water partition coefficient (Wildman–Crippen LogP) is 18.0. The van der Waals surface area contributed by atoms with Crippen LogP contribution in [0.15, 0.2) is 259 Å². The van der Waals surface area contributed by atoms with E-state index in [0.717, 1.165) is 66.9 Å². The minimum Gasteiger partial charge on any atom is -0.456 e. The Morgan fingerprint density at radius 1 is 0.313 bits per heavy atom. The summed E-state index contributed by atoms with van der Waals surface area (Å²) in [7, 11) is 0. The van der Waals surface area contributed by atoms with Crippen LogP contribution in [0.2, 0.25) is 0 Å². The van der Waals surface area contributed by atoms with Crippen molar-refractivity contribution in [2.75, 3.05) is 4.90 Å². The molecule has 3 nitrogen and oxygen atoms in total. The fourth-order valence-corrected chi connectivity index (χ4v) is 10.3.